The molecular formula is C17H17BrN2O. The summed E-state index contributed by atoms with van der Waals surface area (Å²) in [7, 11) is 0. The molecule has 3 rings (SSSR count). The zero-order valence-corrected chi connectivity index (χ0v) is 13.9. The van der Waals surface area contributed by atoms with Crippen molar-refractivity contribution in [3.63, 3.8) is 0 Å². The van der Waals surface area contributed by atoms with Gasteiger partial charge in [-0.2, -0.15) is 0 Å². The zero-order valence-electron chi connectivity index (χ0n) is 12.3. The Morgan fingerprint density at radius 1 is 1.14 bits per heavy atom. The average Bonchev–Trinajstić information content (AvgIpc) is 2.83. The van der Waals surface area contributed by atoms with Crippen LogP contribution in [0, 0.1) is 0 Å². The highest BCUT2D eigenvalue weighted by atomic mass is 79.9. The summed E-state index contributed by atoms with van der Waals surface area (Å²) in [6.07, 6.45) is 0. The minimum atomic E-state index is 0.0854. The minimum absolute atomic E-state index is 0.0854. The maximum absolute atomic E-state index is 6.09. The topological polar surface area (TPSA) is 52.0 Å². The highest BCUT2D eigenvalue weighted by molar-refractivity contribution is 9.10. The number of aromatic nitrogens is 1. The number of nitrogens with zero attached hydrogens (tertiary/aromatic N) is 1. The van der Waals surface area contributed by atoms with E-state index in [1.807, 2.05) is 24.3 Å². The molecule has 0 saturated carbocycles. The van der Waals surface area contributed by atoms with E-state index in [0.717, 1.165) is 21.1 Å². The van der Waals surface area contributed by atoms with Gasteiger partial charge in [-0.05, 0) is 51.2 Å². The van der Waals surface area contributed by atoms with Crippen molar-refractivity contribution < 1.29 is 4.42 Å². The molecule has 0 saturated heterocycles. The first-order chi connectivity index (χ1) is 9.86. The molecular weight excluding hydrogens is 328 g/mol. The van der Waals surface area contributed by atoms with Crippen molar-refractivity contribution in [3.05, 3.63) is 46.4 Å². The van der Waals surface area contributed by atoms with Crippen LogP contribution in [-0.2, 0) is 5.41 Å². The normalized spacial score (nSPS) is 12.0. The summed E-state index contributed by atoms with van der Waals surface area (Å²) in [5.74, 6) is 0.551. The molecule has 21 heavy (non-hydrogen) atoms. The number of fused-ring (bicyclic) bond motifs is 1. The van der Waals surface area contributed by atoms with Gasteiger partial charge in [0.1, 0.15) is 5.52 Å². The number of nitrogen functional groups attached to an aromatic ring is 1. The van der Waals surface area contributed by atoms with E-state index in [2.05, 4.69) is 53.8 Å². The second-order valence-electron chi connectivity index (χ2n) is 6.15. The summed E-state index contributed by atoms with van der Waals surface area (Å²) in [5, 5.41) is 0. The van der Waals surface area contributed by atoms with Crippen LogP contribution in [0.2, 0.25) is 0 Å². The molecule has 0 atom stereocenters. The van der Waals surface area contributed by atoms with Crippen LogP contribution >= 0.6 is 15.9 Å². The van der Waals surface area contributed by atoms with Crippen LogP contribution < -0.4 is 5.73 Å². The van der Waals surface area contributed by atoms with Crippen LogP contribution in [0.4, 0.5) is 5.69 Å². The van der Waals surface area contributed by atoms with E-state index in [1.54, 1.807) is 0 Å². The zero-order chi connectivity index (χ0) is 15.2. The van der Waals surface area contributed by atoms with Gasteiger partial charge in [0.15, 0.2) is 5.58 Å². The van der Waals surface area contributed by atoms with Crippen LogP contribution in [0.15, 0.2) is 45.3 Å². The minimum Gasteiger partial charge on any atom is -0.436 e. The Kier molecular flexibility index (Phi) is 3.29. The summed E-state index contributed by atoms with van der Waals surface area (Å²) in [5.41, 5.74) is 10.5. The highest BCUT2D eigenvalue weighted by Gasteiger charge is 2.17. The predicted molar refractivity (Wildman–Crippen MR) is 90.3 cm³/mol. The molecule has 0 aliphatic carbocycles. The SMILES string of the molecule is CC(C)(C)c1ccc2oc(-c3cccc(Br)c3N)nc2c1. The van der Waals surface area contributed by atoms with Crippen LogP contribution in [-0.4, -0.2) is 4.98 Å². The lowest BCUT2D eigenvalue weighted by molar-refractivity contribution is 0.590. The van der Waals surface area contributed by atoms with Gasteiger partial charge >= 0.3 is 0 Å². The first kappa shape index (κ1) is 14.1. The van der Waals surface area contributed by atoms with Crippen LogP contribution in [0.1, 0.15) is 26.3 Å². The van der Waals surface area contributed by atoms with Crippen LogP contribution in [0.5, 0.6) is 0 Å². The molecule has 0 spiro atoms. The van der Waals surface area contributed by atoms with E-state index < -0.39 is 0 Å². The summed E-state index contributed by atoms with van der Waals surface area (Å²) in [6, 6.07) is 11.9. The predicted octanol–water partition coefficient (Wildman–Crippen LogP) is 5.14. The Bertz CT molecular complexity index is 815. The number of hydrogen-bond acceptors (Lipinski definition) is 3. The molecule has 1 heterocycles. The van der Waals surface area contributed by atoms with Gasteiger partial charge in [-0.25, -0.2) is 4.98 Å². The van der Waals surface area contributed by atoms with Gasteiger partial charge in [0.2, 0.25) is 5.89 Å². The fraction of sp³-hybridized carbons (Fsp3) is 0.235. The number of rotatable bonds is 1. The summed E-state index contributed by atoms with van der Waals surface area (Å²) < 4.78 is 6.69. The van der Waals surface area contributed by atoms with E-state index in [9.17, 15) is 0 Å². The average molecular weight is 345 g/mol. The van der Waals surface area contributed by atoms with Crippen molar-refractivity contribution in [2.45, 2.75) is 26.2 Å². The molecule has 0 aliphatic heterocycles. The number of halogens is 1. The quantitative estimate of drug-likeness (QED) is 0.622. The molecule has 0 amide bonds. The number of hydrogen-bond donors (Lipinski definition) is 1. The van der Waals surface area contributed by atoms with Gasteiger partial charge in [0.25, 0.3) is 0 Å². The number of anilines is 1. The molecule has 4 heteroatoms. The number of para-hydroxylation sites is 1. The smallest absolute Gasteiger partial charge is 0.229 e. The Labute approximate surface area is 132 Å². The lowest BCUT2D eigenvalue weighted by Gasteiger charge is -2.18. The van der Waals surface area contributed by atoms with E-state index in [0.29, 0.717) is 11.6 Å². The molecule has 0 unspecified atom stereocenters. The van der Waals surface area contributed by atoms with Crippen molar-refractivity contribution in [3.8, 4) is 11.5 Å². The Morgan fingerprint density at radius 3 is 2.62 bits per heavy atom. The van der Waals surface area contributed by atoms with Gasteiger partial charge < -0.3 is 10.2 Å². The van der Waals surface area contributed by atoms with Crippen LogP contribution in [0.25, 0.3) is 22.6 Å². The van der Waals surface area contributed by atoms with Crippen molar-refractivity contribution in [1.29, 1.82) is 0 Å². The van der Waals surface area contributed by atoms with Gasteiger partial charge in [0, 0.05) is 4.47 Å². The second-order valence-corrected chi connectivity index (χ2v) is 7.01. The van der Waals surface area contributed by atoms with Gasteiger partial charge in [-0.1, -0.05) is 32.9 Å². The highest BCUT2D eigenvalue weighted by Crippen LogP contribution is 2.34. The monoisotopic (exact) mass is 344 g/mol. The molecule has 0 bridgehead atoms. The number of benzene rings is 2. The summed E-state index contributed by atoms with van der Waals surface area (Å²) >= 11 is 3.43. The summed E-state index contributed by atoms with van der Waals surface area (Å²) in [4.78, 5) is 4.59. The first-order valence-corrected chi connectivity index (χ1v) is 7.61. The van der Waals surface area contributed by atoms with Crippen molar-refractivity contribution in [2.75, 3.05) is 5.73 Å². The fourth-order valence-electron chi connectivity index (χ4n) is 2.23. The maximum Gasteiger partial charge on any atom is 0.229 e. The summed E-state index contributed by atoms with van der Waals surface area (Å²) in [6.45, 7) is 6.55. The molecule has 0 radical (unpaired) electrons. The third kappa shape index (κ3) is 2.56. The van der Waals surface area contributed by atoms with Crippen molar-refractivity contribution in [2.24, 2.45) is 0 Å². The first-order valence-electron chi connectivity index (χ1n) is 6.82. The standard InChI is InChI=1S/C17H17BrN2O/c1-17(2,3)10-7-8-14-13(9-10)20-16(21-14)11-5-4-6-12(18)15(11)19/h4-9H,19H2,1-3H3. The molecule has 0 fully saturated rings. The molecule has 2 aromatic carbocycles. The molecule has 3 aromatic rings. The maximum atomic E-state index is 6.09. The molecule has 108 valence electrons. The van der Waals surface area contributed by atoms with Crippen LogP contribution in [0.3, 0.4) is 0 Å². The van der Waals surface area contributed by atoms with E-state index in [1.165, 1.54) is 5.56 Å². The lowest BCUT2D eigenvalue weighted by Crippen LogP contribution is -2.10. The van der Waals surface area contributed by atoms with Gasteiger partial charge in [-0.15, -0.1) is 0 Å². The number of nitrogens with two attached hydrogens (primary N) is 1. The largest absolute Gasteiger partial charge is 0.436 e. The third-order valence-electron chi connectivity index (χ3n) is 3.54. The Balaban J connectivity index is 2.15. The Morgan fingerprint density at radius 2 is 1.90 bits per heavy atom. The third-order valence-corrected chi connectivity index (χ3v) is 4.23. The number of oxazole rings is 1. The molecule has 0 aliphatic rings. The molecule has 3 nitrogen and oxygen atoms in total. The van der Waals surface area contributed by atoms with E-state index in [4.69, 9.17) is 10.2 Å². The van der Waals surface area contributed by atoms with Gasteiger partial charge in [-0.3, -0.25) is 0 Å². The fourth-order valence-corrected chi connectivity index (χ4v) is 2.60. The van der Waals surface area contributed by atoms with Gasteiger partial charge in [0.05, 0.1) is 11.3 Å². The van der Waals surface area contributed by atoms with Crippen molar-refractivity contribution >= 4 is 32.7 Å². The van der Waals surface area contributed by atoms with E-state index >= 15 is 0 Å². The molecule has 2 N–H and O–H groups in total. The molecule has 1 aromatic heterocycles. The van der Waals surface area contributed by atoms with E-state index in [-0.39, 0.29) is 5.41 Å². The Hall–Kier alpha value is -1.81. The van der Waals surface area contributed by atoms with Crippen molar-refractivity contribution in [1.82, 2.24) is 4.98 Å². The lowest BCUT2D eigenvalue weighted by atomic mass is 9.87. The second kappa shape index (κ2) is 4.88.